The molecule has 0 aromatic heterocycles. The molecule has 1 aliphatic heterocycles. The van der Waals surface area contributed by atoms with Gasteiger partial charge in [0.1, 0.15) is 5.75 Å². The van der Waals surface area contributed by atoms with Gasteiger partial charge in [-0.05, 0) is 61.4 Å². The first-order chi connectivity index (χ1) is 12.7. The second-order valence-corrected chi connectivity index (χ2v) is 6.87. The molecule has 0 saturated carbocycles. The fraction of sp³-hybridized carbons (Fsp3) is 0.238. The molecule has 0 atom stereocenters. The van der Waals surface area contributed by atoms with Crippen LogP contribution in [0.2, 0.25) is 0 Å². The van der Waals surface area contributed by atoms with Crippen molar-refractivity contribution in [2.75, 3.05) is 24.2 Å². The lowest BCUT2D eigenvalue weighted by Gasteiger charge is -2.13. The van der Waals surface area contributed by atoms with Gasteiger partial charge in [-0.15, -0.1) is 0 Å². The summed E-state index contributed by atoms with van der Waals surface area (Å²) >= 11 is 1.73. The molecular formula is C21H22N2O2S. The minimum absolute atomic E-state index is 0.0187. The van der Waals surface area contributed by atoms with Crippen LogP contribution in [-0.2, 0) is 0 Å². The highest BCUT2D eigenvalue weighted by Crippen LogP contribution is 2.18. The van der Waals surface area contributed by atoms with Gasteiger partial charge in [0.05, 0.1) is 6.61 Å². The summed E-state index contributed by atoms with van der Waals surface area (Å²) in [5.41, 5.74) is 2.58. The molecule has 0 aliphatic carbocycles. The van der Waals surface area contributed by atoms with E-state index in [2.05, 4.69) is 10.3 Å². The molecule has 1 heterocycles. The van der Waals surface area contributed by atoms with Gasteiger partial charge in [-0.25, -0.2) is 0 Å². The number of nitrogens with zero attached hydrogens (tertiary/aromatic N) is 1. The topological polar surface area (TPSA) is 50.7 Å². The molecule has 0 radical (unpaired) electrons. The number of rotatable bonds is 6. The first-order valence-corrected chi connectivity index (χ1v) is 9.73. The van der Waals surface area contributed by atoms with E-state index in [-0.39, 0.29) is 5.78 Å². The number of anilines is 1. The van der Waals surface area contributed by atoms with Crippen molar-refractivity contribution in [3.63, 3.8) is 0 Å². The molecule has 0 bridgehead atoms. The molecule has 0 unspecified atom stereocenters. The number of carbonyl (C=O) groups is 1. The lowest BCUT2D eigenvalue weighted by atomic mass is 10.1. The Kier molecular flexibility index (Phi) is 6.50. The molecule has 134 valence electrons. The predicted molar refractivity (Wildman–Crippen MR) is 110 cm³/mol. The lowest BCUT2D eigenvalue weighted by Crippen LogP contribution is -2.13. The summed E-state index contributed by atoms with van der Waals surface area (Å²) in [6, 6.07) is 15.2. The van der Waals surface area contributed by atoms with Crippen LogP contribution in [-0.4, -0.2) is 29.9 Å². The first-order valence-electron chi connectivity index (χ1n) is 8.74. The number of allylic oxidation sites excluding steroid dienone is 1. The Bertz CT molecular complexity index is 796. The van der Waals surface area contributed by atoms with Crippen LogP contribution in [0.4, 0.5) is 5.69 Å². The average molecular weight is 366 g/mol. The van der Waals surface area contributed by atoms with Crippen LogP contribution in [0, 0.1) is 0 Å². The lowest BCUT2D eigenvalue weighted by molar-refractivity contribution is 0.104. The van der Waals surface area contributed by atoms with Gasteiger partial charge in [0, 0.05) is 23.5 Å². The number of hydrogen-bond donors (Lipinski definition) is 1. The molecule has 0 fully saturated rings. The second-order valence-electron chi connectivity index (χ2n) is 5.79. The Labute approximate surface area is 158 Å². The van der Waals surface area contributed by atoms with E-state index < -0.39 is 0 Å². The molecule has 1 N–H and O–H groups in total. The number of thioether (sulfide) groups is 1. The molecule has 5 heteroatoms. The predicted octanol–water partition coefficient (Wildman–Crippen LogP) is 4.89. The molecular weight excluding hydrogens is 344 g/mol. The Morgan fingerprint density at radius 1 is 1.19 bits per heavy atom. The van der Waals surface area contributed by atoms with Crippen LogP contribution in [0.5, 0.6) is 5.75 Å². The Hall–Kier alpha value is -2.53. The summed E-state index contributed by atoms with van der Waals surface area (Å²) in [6.45, 7) is 3.47. The van der Waals surface area contributed by atoms with Gasteiger partial charge in [0.2, 0.25) is 0 Å². The van der Waals surface area contributed by atoms with Gasteiger partial charge in [-0.1, -0.05) is 30.0 Å². The van der Waals surface area contributed by atoms with Gasteiger partial charge in [0.15, 0.2) is 11.0 Å². The zero-order chi connectivity index (χ0) is 18.2. The number of hydrogen-bond acceptors (Lipinski definition) is 5. The van der Waals surface area contributed by atoms with Crippen LogP contribution in [0.1, 0.15) is 29.3 Å². The standard InChI is InChI=1S/C21H22N2O2S/c1-2-25-19-11-4-16(5-12-19)6-13-20(24)17-7-9-18(10-8-17)23-21-22-14-3-15-26-21/h4-13H,2-3,14-15H2,1H3,(H,22,23)/b13-6+. The van der Waals surface area contributed by atoms with E-state index in [0.29, 0.717) is 12.2 Å². The highest BCUT2D eigenvalue weighted by molar-refractivity contribution is 8.14. The van der Waals surface area contributed by atoms with Gasteiger partial charge >= 0.3 is 0 Å². The second kappa shape index (κ2) is 9.25. The molecule has 3 rings (SSSR count). The maximum atomic E-state index is 12.3. The monoisotopic (exact) mass is 366 g/mol. The Morgan fingerprint density at radius 3 is 2.62 bits per heavy atom. The van der Waals surface area contributed by atoms with Crippen LogP contribution in [0.15, 0.2) is 59.6 Å². The van der Waals surface area contributed by atoms with E-state index in [0.717, 1.165) is 40.9 Å². The van der Waals surface area contributed by atoms with Crippen LogP contribution >= 0.6 is 11.8 Å². The number of ketones is 1. The first kappa shape index (κ1) is 18.3. The summed E-state index contributed by atoms with van der Waals surface area (Å²) in [5, 5.41) is 4.24. The van der Waals surface area contributed by atoms with E-state index >= 15 is 0 Å². The smallest absolute Gasteiger partial charge is 0.185 e. The zero-order valence-corrected chi connectivity index (χ0v) is 15.6. The molecule has 1 aliphatic rings. The van der Waals surface area contributed by atoms with Crippen LogP contribution < -0.4 is 10.1 Å². The number of nitrogens with one attached hydrogen (secondary N) is 1. The molecule has 0 amide bonds. The number of benzene rings is 2. The SMILES string of the molecule is CCOc1ccc(/C=C/C(=O)c2ccc(NC3=NCCCS3)cc2)cc1. The molecule has 0 saturated heterocycles. The van der Waals surface area contributed by atoms with E-state index in [1.165, 1.54) is 0 Å². The summed E-state index contributed by atoms with van der Waals surface area (Å²) in [7, 11) is 0. The van der Waals surface area contributed by atoms with Crippen molar-refractivity contribution < 1.29 is 9.53 Å². The van der Waals surface area contributed by atoms with Crippen LogP contribution in [0.3, 0.4) is 0 Å². The van der Waals surface area contributed by atoms with Crippen molar-refractivity contribution in [2.24, 2.45) is 4.99 Å². The molecule has 0 spiro atoms. The van der Waals surface area contributed by atoms with Gasteiger partial charge in [-0.3, -0.25) is 9.79 Å². The molecule has 26 heavy (non-hydrogen) atoms. The quantitative estimate of drug-likeness (QED) is 0.584. The van der Waals surface area contributed by atoms with E-state index in [1.807, 2.05) is 61.5 Å². The summed E-state index contributed by atoms with van der Waals surface area (Å²) in [6.07, 6.45) is 4.54. The summed E-state index contributed by atoms with van der Waals surface area (Å²) in [5.74, 6) is 1.91. The molecule has 2 aromatic rings. The maximum absolute atomic E-state index is 12.3. The third kappa shape index (κ3) is 5.23. The van der Waals surface area contributed by atoms with Crippen molar-refractivity contribution >= 4 is 34.5 Å². The summed E-state index contributed by atoms with van der Waals surface area (Å²) < 4.78 is 5.41. The Balaban J connectivity index is 1.59. The number of aliphatic imine (C=N–C) groups is 1. The van der Waals surface area contributed by atoms with E-state index in [1.54, 1.807) is 17.8 Å². The van der Waals surface area contributed by atoms with Crippen molar-refractivity contribution in [1.29, 1.82) is 0 Å². The highest BCUT2D eigenvalue weighted by atomic mass is 32.2. The fourth-order valence-corrected chi connectivity index (χ4v) is 3.33. The number of ether oxygens (including phenoxy) is 1. The summed E-state index contributed by atoms with van der Waals surface area (Å²) in [4.78, 5) is 16.8. The Morgan fingerprint density at radius 2 is 1.96 bits per heavy atom. The zero-order valence-electron chi connectivity index (χ0n) is 14.8. The van der Waals surface area contributed by atoms with Crippen LogP contribution in [0.25, 0.3) is 6.08 Å². The maximum Gasteiger partial charge on any atom is 0.185 e. The normalized spacial score (nSPS) is 14.1. The van der Waals surface area contributed by atoms with E-state index in [9.17, 15) is 4.79 Å². The van der Waals surface area contributed by atoms with Gasteiger partial charge < -0.3 is 10.1 Å². The number of amidine groups is 1. The van der Waals surface area contributed by atoms with Gasteiger partial charge in [-0.2, -0.15) is 0 Å². The fourth-order valence-electron chi connectivity index (χ4n) is 2.49. The largest absolute Gasteiger partial charge is 0.494 e. The third-order valence-electron chi connectivity index (χ3n) is 3.84. The van der Waals surface area contributed by atoms with Crippen molar-refractivity contribution in [3.05, 3.63) is 65.7 Å². The van der Waals surface area contributed by atoms with E-state index in [4.69, 9.17) is 4.74 Å². The highest BCUT2D eigenvalue weighted by Gasteiger charge is 2.07. The van der Waals surface area contributed by atoms with Gasteiger partial charge in [0.25, 0.3) is 0 Å². The molecule has 4 nitrogen and oxygen atoms in total. The number of carbonyl (C=O) groups excluding carboxylic acids is 1. The average Bonchev–Trinajstić information content (AvgIpc) is 2.69. The van der Waals surface area contributed by atoms with Crippen molar-refractivity contribution in [2.45, 2.75) is 13.3 Å². The van der Waals surface area contributed by atoms with Crippen molar-refractivity contribution in [3.8, 4) is 5.75 Å². The van der Waals surface area contributed by atoms with Crippen molar-refractivity contribution in [1.82, 2.24) is 0 Å². The molecule has 2 aromatic carbocycles. The minimum atomic E-state index is -0.0187. The minimum Gasteiger partial charge on any atom is -0.494 e. The third-order valence-corrected chi connectivity index (χ3v) is 4.83.